The Morgan fingerprint density at radius 1 is 1.26 bits per heavy atom. The second-order valence-corrected chi connectivity index (χ2v) is 6.58. The van der Waals surface area contributed by atoms with Gasteiger partial charge in [0.05, 0.1) is 16.0 Å². The number of piperidine rings is 1. The van der Waals surface area contributed by atoms with Crippen molar-refractivity contribution in [3.63, 3.8) is 0 Å². The van der Waals surface area contributed by atoms with Crippen LogP contribution in [0.1, 0.15) is 23.8 Å². The summed E-state index contributed by atoms with van der Waals surface area (Å²) in [7, 11) is 0. The Morgan fingerprint density at radius 3 is 2.83 bits per heavy atom. The molecule has 1 aliphatic rings. The standard InChI is InChI=1S/C16H17N5OS/c17-16(22)21-13-4-2-1-3-11(13)19-14(21)12-9-23-15(20-12)10-5-7-18-8-6-10/h1-4,9-10,18H,5-8H2,(H2,17,22). The van der Waals surface area contributed by atoms with Crippen LogP contribution in [0.4, 0.5) is 4.79 Å². The molecule has 3 N–H and O–H groups in total. The highest BCUT2D eigenvalue weighted by Gasteiger charge is 2.22. The number of aromatic nitrogens is 3. The van der Waals surface area contributed by atoms with Crippen LogP contribution in [0.5, 0.6) is 0 Å². The van der Waals surface area contributed by atoms with Crippen molar-refractivity contribution in [1.82, 2.24) is 19.9 Å². The van der Waals surface area contributed by atoms with Crippen molar-refractivity contribution >= 4 is 28.4 Å². The normalized spacial score (nSPS) is 16.0. The van der Waals surface area contributed by atoms with Gasteiger partial charge in [0, 0.05) is 11.3 Å². The number of carbonyl (C=O) groups is 1. The van der Waals surface area contributed by atoms with E-state index in [1.165, 1.54) is 4.57 Å². The summed E-state index contributed by atoms with van der Waals surface area (Å²) < 4.78 is 1.44. The zero-order chi connectivity index (χ0) is 15.8. The molecule has 1 fully saturated rings. The van der Waals surface area contributed by atoms with Gasteiger partial charge in [-0.05, 0) is 38.1 Å². The number of amides is 1. The Morgan fingerprint density at radius 2 is 2.04 bits per heavy atom. The van der Waals surface area contributed by atoms with Crippen molar-refractivity contribution in [2.45, 2.75) is 18.8 Å². The highest BCUT2D eigenvalue weighted by Crippen LogP contribution is 2.32. The lowest BCUT2D eigenvalue weighted by Crippen LogP contribution is -2.26. The number of hydrogen-bond donors (Lipinski definition) is 2. The fourth-order valence-corrected chi connectivity index (χ4v) is 4.04. The second kappa shape index (κ2) is 5.75. The third-order valence-electron chi connectivity index (χ3n) is 4.22. The first kappa shape index (κ1) is 14.3. The highest BCUT2D eigenvalue weighted by molar-refractivity contribution is 7.10. The molecule has 0 radical (unpaired) electrons. The van der Waals surface area contributed by atoms with Crippen LogP contribution < -0.4 is 11.1 Å². The van der Waals surface area contributed by atoms with E-state index in [9.17, 15) is 4.79 Å². The molecule has 23 heavy (non-hydrogen) atoms. The first-order valence-electron chi connectivity index (χ1n) is 7.68. The lowest BCUT2D eigenvalue weighted by molar-refractivity contribution is 0.251. The van der Waals surface area contributed by atoms with E-state index in [4.69, 9.17) is 10.7 Å². The molecule has 0 atom stereocenters. The van der Waals surface area contributed by atoms with Crippen molar-refractivity contribution in [3.8, 4) is 11.5 Å². The Labute approximate surface area is 137 Å². The van der Waals surface area contributed by atoms with Gasteiger partial charge in [0.2, 0.25) is 0 Å². The number of fused-ring (bicyclic) bond motifs is 1. The molecule has 3 heterocycles. The maximum absolute atomic E-state index is 11.9. The lowest BCUT2D eigenvalue weighted by atomic mass is 9.99. The zero-order valence-corrected chi connectivity index (χ0v) is 13.3. The minimum atomic E-state index is -0.537. The zero-order valence-electron chi connectivity index (χ0n) is 12.5. The maximum atomic E-state index is 11.9. The molecule has 4 rings (SSSR count). The van der Waals surface area contributed by atoms with E-state index in [1.807, 2.05) is 29.6 Å². The van der Waals surface area contributed by atoms with Gasteiger partial charge in [-0.3, -0.25) is 0 Å². The first-order chi connectivity index (χ1) is 11.2. The lowest BCUT2D eigenvalue weighted by Gasteiger charge is -2.20. The fraction of sp³-hybridized carbons (Fsp3) is 0.312. The summed E-state index contributed by atoms with van der Waals surface area (Å²) in [5.74, 6) is 1.01. The molecule has 0 unspecified atom stereocenters. The number of para-hydroxylation sites is 2. The number of primary amides is 1. The van der Waals surface area contributed by atoms with Gasteiger partial charge in [0.25, 0.3) is 0 Å². The molecule has 0 saturated carbocycles. The number of imidazole rings is 1. The van der Waals surface area contributed by atoms with Crippen molar-refractivity contribution in [1.29, 1.82) is 0 Å². The van der Waals surface area contributed by atoms with E-state index >= 15 is 0 Å². The van der Waals surface area contributed by atoms with Gasteiger partial charge in [-0.1, -0.05) is 12.1 Å². The number of nitrogens with one attached hydrogen (secondary N) is 1. The molecule has 0 bridgehead atoms. The van der Waals surface area contributed by atoms with E-state index < -0.39 is 6.03 Å². The fourth-order valence-electron chi connectivity index (χ4n) is 3.07. The number of nitrogens with zero attached hydrogens (tertiary/aromatic N) is 3. The van der Waals surface area contributed by atoms with Crippen LogP contribution in [0.2, 0.25) is 0 Å². The molecule has 0 spiro atoms. The van der Waals surface area contributed by atoms with Crippen molar-refractivity contribution in [3.05, 3.63) is 34.7 Å². The predicted molar refractivity (Wildman–Crippen MR) is 90.7 cm³/mol. The van der Waals surface area contributed by atoms with Crippen LogP contribution in [-0.2, 0) is 0 Å². The van der Waals surface area contributed by atoms with Crippen LogP contribution in [0.25, 0.3) is 22.6 Å². The topological polar surface area (TPSA) is 85.8 Å². The van der Waals surface area contributed by atoms with Gasteiger partial charge in [0.15, 0.2) is 5.82 Å². The monoisotopic (exact) mass is 327 g/mol. The number of carbonyl (C=O) groups excluding carboxylic acids is 1. The molecule has 1 saturated heterocycles. The summed E-state index contributed by atoms with van der Waals surface area (Å²) >= 11 is 1.64. The maximum Gasteiger partial charge on any atom is 0.325 e. The van der Waals surface area contributed by atoms with Crippen molar-refractivity contribution < 1.29 is 4.79 Å². The molecular formula is C16H17N5OS. The van der Waals surface area contributed by atoms with Crippen LogP contribution in [-0.4, -0.2) is 33.7 Å². The van der Waals surface area contributed by atoms with Crippen molar-refractivity contribution in [2.75, 3.05) is 13.1 Å². The van der Waals surface area contributed by atoms with E-state index in [0.29, 0.717) is 17.3 Å². The highest BCUT2D eigenvalue weighted by atomic mass is 32.1. The summed E-state index contributed by atoms with van der Waals surface area (Å²) in [5.41, 5.74) is 7.75. The van der Waals surface area contributed by atoms with Gasteiger partial charge in [-0.25, -0.2) is 19.3 Å². The number of hydrogen-bond acceptors (Lipinski definition) is 5. The molecule has 0 aliphatic carbocycles. The summed E-state index contributed by atoms with van der Waals surface area (Å²) in [5, 5.41) is 6.45. The minimum absolute atomic E-state index is 0.487. The largest absolute Gasteiger partial charge is 0.351 e. The van der Waals surface area contributed by atoms with Gasteiger partial charge in [-0.2, -0.15) is 0 Å². The Balaban J connectivity index is 1.78. The Bertz CT molecular complexity index is 862. The Hall–Kier alpha value is -2.25. The number of rotatable bonds is 2. The third kappa shape index (κ3) is 2.51. The van der Waals surface area contributed by atoms with Crippen LogP contribution in [0.3, 0.4) is 0 Å². The van der Waals surface area contributed by atoms with Gasteiger partial charge in [-0.15, -0.1) is 11.3 Å². The van der Waals surface area contributed by atoms with Gasteiger partial charge >= 0.3 is 6.03 Å². The molecular weight excluding hydrogens is 310 g/mol. The summed E-state index contributed by atoms with van der Waals surface area (Å²) in [6.07, 6.45) is 2.19. The van der Waals surface area contributed by atoms with Crippen LogP contribution in [0, 0.1) is 0 Å². The average molecular weight is 327 g/mol. The van der Waals surface area contributed by atoms with Crippen molar-refractivity contribution in [2.24, 2.45) is 5.73 Å². The van der Waals surface area contributed by atoms with Crippen LogP contribution in [0.15, 0.2) is 29.6 Å². The molecule has 1 aromatic carbocycles. The molecule has 1 aliphatic heterocycles. The van der Waals surface area contributed by atoms with E-state index in [0.717, 1.165) is 42.1 Å². The molecule has 1 amide bonds. The molecule has 3 aromatic rings. The molecule has 7 heteroatoms. The molecule has 6 nitrogen and oxygen atoms in total. The Kier molecular flexibility index (Phi) is 3.59. The van der Waals surface area contributed by atoms with Gasteiger partial charge < -0.3 is 11.1 Å². The number of benzene rings is 1. The van der Waals surface area contributed by atoms with E-state index in [1.54, 1.807) is 11.3 Å². The van der Waals surface area contributed by atoms with E-state index in [2.05, 4.69) is 10.3 Å². The SMILES string of the molecule is NC(=O)n1c(-c2csc(C3CCNCC3)n2)nc2ccccc21. The number of nitrogens with two attached hydrogens (primary N) is 1. The van der Waals surface area contributed by atoms with Crippen LogP contribution >= 0.6 is 11.3 Å². The van der Waals surface area contributed by atoms with E-state index in [-0.39, 0.29) is 0 Å². The molecule has 2 aromatic heterocycles. The summed E-state index contributed by atoms with van der Waals surface area (Å²) in [6, 6.07) is 6.94. The smallest absolute Gasteiger partial charge is 0.325 e. The summed E-state index contributed by atoms with van der Waals surface area (Å²) in [4.78, 5) is 21.2. The third-order valence-corrected chi connectivity index (χ3v) is 5.23. The number of thiazole rings is 1. The predicted octanol–water partition coefficient (Wildman–Crippen LogP) is 2.55. The average Bonchev–Trinajstić information content (AvgIpc) is 3.20. The quantitative estimate of drug-likeness (QED) is 0.757. The summed E-state index contributed by atoms with van der Waals surface area (Å²) in [6.45, 7) is 2.05. The molecule has 118 valence electrons. The second-order valence-electron chi connectivity index (χ2n) is 5.69. The van der Waals surface area contributed by atoms with Gasteiger partial charge in [0.1, 0.15) is 5.69 Å². The minimum Gasteiger partial charge on any atom is -0.351 e. The first-order valence-corrected chi connectivity index (χ1v) is 8.56.